The number of carbonyl (C=O) groups excluding carboxylic acids is 1. The molecule has 1 amide bonds. The summed E-state index contributed by atoms with van der Waals surface area (Å²) in [6, 6.07) is 7.96. The van der Waals surface area contributed by atoms with E-state index in [2.05, 4.69) is 5.32 Å². The third-order valence-electron chi connectivity index (χ3n) is 3.81. The summed E-state index contributed by atoms with van der Waals surface area (Å²) in [5.74, 6) is -0.0304. The number of benzene rings is 1. The molecular formula is C15H23ClN2O2. The second-order valence-corrected chi connectivity index (χ2v) is 5.25. The number of halogens is 1. The minimum atomic E-state index is -0.657. The van der Waals surface area contributed by atoms with Gasteiger partial charge in [-0.3, -0.25) is 4.79 Å². The van der Waals surface area contributed by atoms with Crippen LogP contribution in [0.25, 0.3) is 0 Å². The van der Waals surface area contributed by atoms with Crippen LogP contribution in [0.1, 0.15) is 36.8 Å². The third kappa shape index (κ3) is 3.95. The monoisotopic (exact) mass is 298 g/mol. The van der Waals surface area contributed by atoms with Crippen LogP contribution in [-0.4, -0.2) is 18.6 Å². The Morgan fingerprint density at radius 3 is 2.50 bits per heavy atom. The van der Waals surface area contributed by atoms with Gasteiger partial charge in [0.15, 0.2) is 0 Å². The average molecular weight is 299 g/mol. The maximum Gasteiger partial charge on any atom is 0.240 e. The molecule has 1 saturated carbocycles. The van der Waals surface area contributed by atoms with E-state index in [4.69, 9.17) is 10.5 Å². The molecule has 0 atom stereocenters. The van der Waals surface area contributed by atoms with Gasteiger partial charge in [-0.2, -0.15) is 0 Å². The molecule has 20 heavy (non-hydrogen) atoms. The fraction of sp³-hybridized carbons (Fsp3) is 0.533. The van der Waals surface area contributed by atoms with Crippen molar-refractivity contribution < 1.29 is 9.53 Å². The highest BCUT2D eigenvalue weighted by atomic mass is 35.5. The van der Waals surface area contributed by atoms with Gasteiger partial charge in [-0.05, 0) is 24.0 Å². The molecule has 4 nitrogen and oxygen atoms in total. The summed E-state index contributed by atoms with van der Waals surface area (Å²) in [5, 5.41) is 2.96. The first-order chi connectivity index (χ1) is 9.15. The van der Waals surface area contributed by atoms with E-state index in [0.717, 1.165) is 36.8 Å². The number of amides is 1. The molecule has 2 rings (SSSR count). The van der Waals surface area contributed by atoms with E-state index in [1.54, 1.807) is 7.11 Å². The van der Waals surface area contributed by atoms with Crippen molar-refractivity contribution in [2.24, 2.45) is 5.73 Å². The first kappa shape index (κ1) is 17.0. The van der Waals surface area contributed by atoms with Gasteiger partial charge in [-0.25, -0.2) is 0 Å². The molecule has 0 aliphatic heterocycles. The van der Waals surface area contributed by atoms with Crippen molar-refractivity contribution in [3.63, 3.8) is 0 Å². The van der Waals surface area contributed by atoms with Gasteiger partial charge in [-0.15, -0.1) is 12.4 Å². The zero-order chi connectivity index (χ0) is 13.7. The van der Waals surface area contributed by atoms with Crippen molar-refractivity contribution >= 4 is 18.3 Å². The van der Waals surface area contributed by atoms with Gasteiger partial charge in [0.1, 0.15) is 0 Å². The molecule has 0 unspecified atom stereocenters. The zero-order valence-corrected chi connectivity index (χ0v) is 12.7. The van der Waals surface area contributed by atoms with E-state index < -0.39 is 5.54 Å². The Hall–Kier alpha value is -1.10. The fourth-order valence-corrected chi connectivity index (χ4v) is 2.61. The molecule has 1 fully saturated rings. The van der Waals surface area contributed by atoms with Crippen LogP contribution in [0.3, 0.4) is 0 Å². The third-order valence-corrected chi connectivity index (χ3v) is 3.81. The largest absolute Gasteiger partial charge is 0.380 e. The predicted molar refractivity (Wildman–Crippen MR) is 81.6 cm³/mol. The first-order valence-corrected chi connectivity index (χ1v) is 6.78. The number of rotatable bonds is 5. The topological polar surface area (TPSA) is 64.3 Å². The van der Waals surface area contributed by atoms with Crippen LogP contribution in [0.15, 0.2) is 24.3 Å². The van der Waals surface area contributed by atoms with E-state index in [-0.39, 0.29) is 18.3 Å². The molecule has 1 aromatic rings. The maximum atomic E-state index is 12.1. The Morgan fingerprint density at radius 1 is 1.30 bits per heavy atom. The van der Waals surface area contributed by atoms with Crippen molar-refractivity contribution in [2.45, 2.75) is 44.4 Å². The molecule has 0 aromatic heterocycles. The highest BCUT2D eigenvalue weighted by Crippen LogP contribution is 2.27. The van der Waals surface area contributed by atoms with Gasteiger partial charge in [0.05, 0.1) is 12.1 Å². The number of methoxy groups -OCH3 is 1. The van der Waals surface area contributed by atoms with Crippen LogP contribution < -0.4 is 11.1 Å². The lowest BCUT2D eigenvalue weighted by Gasteiger charge is -2.22. The molecule has 5 heteroatoms. The van der Waals surface area contributed by atoms with Gasteiger partial charge in [-0.1, -0.05) is 37.1 Å². The summed E-state index contributed by atoms with van der Waals surface area (Å²) in [6.45, 7) is 1.07. The van der Waals surface area contributed by atoms with E-state index in [1.807, 2.05) is 24.3 Å². The Kier molecular flexibility index (Phi) is 6.46. The van der Waals surface area contributed by atoms with Crippen LogP contribution in [0, 0.1) is 0 Å². The number of carbonyl (C=O) groups is 1. The Morgan fingerprint density at radius 2 is 1.90 bits per heavy atom. The number of ether oxygens (including phenoxy) is 1. The minimum absolute atomic E-state index is 0. The molecule has 0 bridgehead atoms. The summed E-state index contributed by atoms with van der Waals surface area (Å²) in [6.07, 6.45) is 3.67. The van der Waals surface area contributed by atoms with Crippen molar-refractivity contribution in [3.05, 3.63) is 35.4 Å². The average Bonchev–Trinajstić information content (AvgIpc) is 2.86. The standard InChI is InChI=1S/C15H22N2O2.ClH/c1-19-11-13-7-3-2-6-12(13)10-17-14(18)15(16)8-4-5-9-15;/h2-3,6-7H,4-5,8-11,16H2,1H3,(H,17,18);1H. The fourth-order valence-electron chi connectivity index (χ4n) is 2.61. The van der Waals surface area contributed by atoms with Crippen LogP contribution in [0.2, 0.25) is 0 Å². The van der Waals surface area contributed by atoms with Gasteiger partial charge in [0.25, 0.3) is 0 Å². The SMILES string of the molecule is COCc1ccccc1CNC(=O)C1(N)CCCC1.Cl. The lowest BCUT2D eigenvalue weighted by atomic mass is 9.98. The molecular weight excluding hydrogens is 276 g/mol. The molecule has 1 aromatic carbocycles. The van der Waals surface area contributed by atoms with Gasteiger partial charge in [0, 0.05) is 13.7 Å². The molecule has 1 aliphatic rings. The van der Waals surface area contributed by atoms with E-state index in [0.29, 0.717) is 13.2 Å². The summed E-state index contributed by atoms with van der Waals surface area (Å²) >= 11 is 0. The van der Waals surface area contributed by atoms with E-state index >= 15 is 0 Å². The van der Waals surface area contributed by atoms with E-state index in [9.17, 15) is 4.79 Å². The number of nitrogens with two attached hydrogens (primary N) is 1. The first-order valence-electron chi connectivity index (χ1n) is 6.78. The zero-order valence-electron chi connectivity index (χ0n) is 11.9. The maximum absolute atomic E-state index is 12.1. The Bertz CT molecular complexity index is 445. The van der Waals surface area contributed by atoms with Gasteiger partial charge >= 0.3 is 0 Å². The van der Waals surface area contributed by atoms with E-state index in [1.165, 1.54) is 0 Å². The number of hydrogen-bond donors (Lipinski definition) is 2. The Labute approximate surface area is 126 Å². The van der Waals surface area contributed by atoms with Crippen LogP contribution in [0.4, 0.5) is 0 Å². The smallest absolute Gasteiger partial charge is 0.240 e. The summed E-state index contributed by atoms with van der Waals surface area (Å²) in [5.41, 5.74) is 7.65. The highest BCUT2D eigenvalue weighted by Gasteiger charge is 2.36. The van der Waals surface area contributed by atoms with Crippen molar-refractivity contribution in [2.75, 3.05) is 7.11 Å². The summed E-state index contributed by atoms with van der Waals surface area (Å²) in [7, 11) is 1.67. The van der Waals surface area contributed by atoms with Crippen molar-refractivity contribution in [1.82, 2.24) is 5.32 Å². The van der Waals surface area contributed by atoms with Crippen molar-refractivity contribution in [1.29, 1.82) is 0 Å². The van der Waals surface area contributed by atoms with Crippen LogP contribution >= 0.6 is 12.4 Å². The second-order valence-electron chi connectivity index (χ2n) is 5.25. The van der Waals surface area contributed by atoms with Crippen LogP contribution in [0.5, 0.6) is 0 Å². The second kappa shape index (κ2) is 7.62. The molecule has 112 valence electrons. The molecule has 0 radical (unpaired) electrons. The van der Waals surface area contributed by atoms with Gasteiger partial charge < -0.3 is 15.8 Å². The molecule has 0 saturated heterocycles. The highest BCUT2D eigenvalue weighted by molar-refractivity contribution is 5.86. The van der Waals surface area contributed by atoms with Crippen molar-refractivity contribution in [3.8, 4) is 0 Å². The quantitative estimate of drug-likeness (QED) is 0.875. The normalized spacial score (nSPS) is 16.5. The Balaban J connectivity index is 0.00000200. The van der Waals surface area contributed by atoms with Gasteiger partial charge in [0.2, 0.25) is 5.91 Å². The summed E-state index contributed by atoms with van der Waals surface area (Å²) in [4.78, 5) is 12.1. The molecule has 3 N–H and O–H groups in total. The lowest BCUT2D eigenvalue weighted by Crippen LogP contribution is -2.51. The molecule has 1 aliphatic carbocycles. The number of hydrogen-bond acceptors (Lipinski definition) is 3. The number of nitrogens with one attached hydrogen (secondary N) is 1. The minimum Gasteiger partial charge on any atom is -0.380 e. The lowest BCUT2D eigenvalue weighted by molar-refractivity contribution is -0.126. The predicted octanol–water partition coefficient (Wildman–Crippen LogP) is 2.14. The molecule has 0 heterocycles. The summed E-state index contributed by atoms with van der Waals surface area (Å²) < 4.78 is 5.16. The molecule has 0 spiro atoms. The van der Waals surface area contributed by atoms with Crippen LogP contribution in [-0.2, 0) is 22.7 Å².